The highest BCUT2D eigenvalue weighted by Gasteiger charge is 2.35. The number of amides is 1. The van der Waals surface area contributed by atoms with E-state index in [-0.39, 0.29) is 29.9 Å². The first-order valence-corrected chi connectivity index (χ1v) is 11.0. The molecule has 29 heavy (non-hydrogen) atoms. The molecule has 1 atom stereocenters. The van der Waals surface area contributed by atoms with E-state index in [1.807, 2.05) is 26.0 Å². The Hall–Kier alpha value is -2.76. The summed E-state index contributed by atoms with van der Waals surface area (Å²) in [5.41, 5.74) is 2.39. The molecule has 1 aromatic carbocycles. The first-order valence-electron chi connectivity index (χ1n) is 9.54. The van der Waals surface area contributed by atoms with Gasteiger partial charge in [-0.1, -0.05) is 6.92 Å². The van der Waals surface area contributed by atoms with E-state index in [1.165, 1.54) is 16.4 Å². The Bertz CT molecular complexity index is 1060. The van der Waals surface area contributed by atoms with E-state index in [1.54, 1.807) is 30.2 Å². The van der Waals surface area contributed by atoms with Crippen LogP contribution >= 0.6 is 0 Å². The second kappa shape index (κ2) is 8.31. The Labute approximate surface area is 171 Å². The number of hydrogen-bond donors (Lipinski definition) is 0. The smallest absolute Gasteiger partial charge is 0.255 e. The maximum atomic E-state index is 13.1. The van der Waals surface area contributed by atoms with Crippen molar-refractivity contribution in [3.63, 3.8) is 0 Å². The summed E-state index contributed by atoms with van der Waals surface area (Å²) in [6.07, 6.45) is 2.38. The molecule has 1 aliphatic rings. The first-order chi connectivity index (χ1) is 13.8. The molecule has 1 aromatic heterocycles. The molecule has 2 aromatic rings. The van der Waals surface area contributed by atoms with E-state index in [2.05, 4.69) is 4.98 Å². The topological polar surface area (TPSA) is 94.4 Å². The molecule has 0 bridgehead atoms. The van der Waals surface area contributed by atoms with Crippen molar-refractivity contribution in [3.8, 4) is 6.07 Å². The van der Waals surface area contributed by atoms with Crippen LogP contribution in [-0.2, 0) is 16.4 Å². The summed E-state index contributed by atoms with van der Waals surface area (Å²) in [6.45, 7) is 6.28. The lowest BCUT2D eigenvalue weighted by Crippen LogP contribution is -2.55. The number of benzene rings is 1. The van der Waals surface area contributed by atoms with E-state index in [9.17, 15) is 13.2 Å². The van der Waals surface area contributed by atoms with Gasteiger partial charge in [-0.05, 0) is 56.2 Å². The summed E-state index contributed by atoms with van der Waals surface area (Å²) in [4.78, 5) is 19.0. The number of nitrogens with zero attached hydrogens (tertiary/aromatic N) is 4. The lowest BCUT2D eigenvalue weighted by Gasteiger charge is -2.39. The maximum absolute atomic E-state index is 13.1. The molecular weight excluding hydrogens is 388 g/mol. The van der Waals surface area contributed by atoms with Crippen LogP contribution in [0.1, 0.15) is 41.0 Å². The van der Waals surface area contributed by atoms with E-state index in [0.29, 0.717) is 23.2 Å². The molecule has 7 nitrogen and oxygen atoms in total. The summed E-state index contributed by atoms with van der Waals surface area (Å²) >= 11 is 0. The van der Waals surface area contributed by atoms with Gasteiger partial charge in [-0.15, -0.1) is 0 Å². The molecule has 0 N–H and O–H groups in total. The number of rotatable bonds is 4. The molecule has 3 rings (SSSR count). The van der Waals surface area contributed by atoms with Crippen molar-refractivity contribution in [2.24, 2.45) is 0 Å². The minimum atomic E-state index is -3.70. The van der Waals surface area contributed by atoms with Crippen molar-refractivity contribution in [2.45, 2.75) is 38.1 Å². The van der Waals surface area contributed by atoms with Crippen molar-refractivity contribution in [1.82, 2.24) is 14.2 Å². The molecule has 1 fully saturated rings. The minimum absolute atomic E-state index is 0.140. The molecule has 0 spiro atoms. The molecular formula is C21H24N4O3S. The Morgan fingerprint density at radius 1 is 1.28 bits per heavy atom. The van der Waals surface area contributed by atoms with Crippen LogP contribution in [0.4, 0.5) is 0 Å². The van der Waals surface area contributed by atoms with Crippen LogP contribution in [0.25, 0.3) is 0 Å². The number of nitriles is 1. The normalized spacial score (nSPS) is 17.7. The summed E-state index contributed by atoms with van der Waals surface area (Å²) < 4.78 is 27.6. The molecule has 0 radical (unpaired) electrons. The number of pyridine rings is 1. The molecule has 8 heteroatoms. The van der Waals surface area contributed by atoms with Crippen molar-refractivity contribution in [1.29, 1.82) is 5.26 Å². The van der Waals surface area contributed by atoms with Gasteiger partial charge in [0.2, 0.25) is 10.0 Å². The van der Waals surface area contributed by atoms with Crippen molar-refractivity contribution >= 4 is 15.9 Å². The number of carbonyl (C=O) groups is 1. The highest BCUT2D eigenvalue weighted by Crippen LogP contribution is 2.24. The number of carbonyl (C=O) groups excluding carboxylic acids is 1. The third kappa shape index (κ3) is 4.16. The molecule has 1 aliphatic heterocycles. The monoisotopic (exact) mass is 412 g/mol. The second-order valence-electron chi connectivity index (χ2n) is 7.19. The zero-order valence-corrected chi connectivity index (χ0v) is 17.6. The maximum Gasteiger partial charge on any atom is 0.255 e. The third-order valence-corrected chi connectivity index (χ3v) is 7.23. The fourth-order valence-corrected chi connectivity index (χ4v) is 5.24. The Kier molecular flexibility index (Phi) is 6.01. The van der Waals surface area contributed by atoms with Gasteiger partial charge in [0.05, 0.1) is 22.1 Å². The van der Waals surface area contributed by atoms with Gasteiger partial charge >= 0.3 is 0 Å². The van der Waals surface area contributed by atoms with E-state index in [4.69, 9.17) is 5.26 Å². The molecule has 0 aliphatic carbocycles. The molecule has 0 saturated carbocycles. The zero-order valence-electron chi connectivity index (χ0n) is 16.8. The predicted octanol–water partition coefficient (Wildman–Crippen LogP) is 2.36. The number of aryl methyl sites for hydroxylation is 2. The standard InChI is InChI=1S/C21H24N4O3S/c1-4-19-7-6-18(13-23-19)21(26)25-10-9-24(14-16(25)3)29(27,28)20-8-5-17(12-22)11-15(20)2/h5-8,11,13,16H,4,9-10,14H2,1-3H3. The predicted molar refractivity (Wildman–Crippen MR) is 109 cm³/mol. The van der Waals surface area contributed by atoms with Crippen LogP contribution in [0.3, 0.4) is 0 Å². The Morgan fingerprint density at radius 2 is 2.03 bits per heavy atom. The van der Waals surface area contributed by atoms with Crippen LogP contribution in [0.15, 0.2) is 41.4 Å². The van der Waals surface area contributed by atoms with E-state index < -0.39 is 10.0 Å². The minimum Gasteiger partial charge on any atom is -0.333 e. The van der Waals surface area contributed by atoms with Gasteiger partial charge in [-0.3, -0.25) is 9.78 Å². The SMILES string of the molecule is CCc1ccc(C(=O)N2CCN(S(=O)(=O)c3ccc(C#N)cc3C)CC2C)cn1. The summed E-state index contributed by atoms with van der Waals surface area (Å²) in [5.74, 6) is -0.140. The van der Waals surface area contributed by atoms with Crippen molar-refractivity contribution < 1.29 is 13.2 Å². The molecule has 2 heterocycles. The van der Waals surface area contributed by atoms with Gasteiger partial charge in [0.1, 0.15) is 0 Å². The lowest BCUT2D eigenvalue weighted by atomic mass is 10.1. The van der Waals surface area contributed by atoms with Crippen LogP contribution in [0, 0.1) is 18.3 Å². The van der Waals surface area contributed by atoms with Crippen LogP contribution in [-0.4, -0.2) is 54.2 Å². The highest BCUT2D eigenvalue weighted by molar-refractivity contribution is 7.89. The summed E-state index contributed by atoms with van der Waals surface area (Å²) in [5, 5.41) is 8.99. The average Bonchev–Trinajstić information content (AvgIpc) is 2.72. The molecule has 1 amide bonds. The summed E-state index contributed by atoms with van der Waals surface area (Å²) in [6, 6.07) is 9.92. The second-order valence-corrected chi connectivity index (χ2v) is 9.10. The largest absolute Gasteiger partial charge is 0.333 e. The Morgan fingerprint density at radius 3 is 2.59 bits per heavy atom. The zero-order chi connectivity index (χ0) is 21.2. The van der Waals surface area contributed by atoms with E-state index in [0.717, 1.165) is 12.1 Å². The van der Waals surface area contributed by atoms with Gasteiger partial charge in [0, 0.05) is 37.6 Å². The molecule has 1 saturated heterocycles. The summed E-state index contributed by atoms with van der Waals surface area (Å²) in [7, 11) is -3.70. The average molecular weight is 413 g/mol. The fourth-order valence-electron chi connectivity index (χ4n) is 3.52. The number of aromatic nitrogens is 1. The van der Waals surface area contributed by atoms with Gasteiger partial charge in [-0.2, -0.15) is 9.57 Å². The van der Waals surface area contributed by atoms with Crippen LogP contribution in [0.2, 0.25) is 0 Å². The van der Waals surface area contributed by atoms with Crippen LogP contribution < -0.4 is 0 Å². The van der Waals surface area contributed by atoms with Gasteiger partial charge in [0.15, 0.2) is 0 Å². The Balaban J connectivity index is 1.76. The van der Waals surface area contributed by atoms with Crippen molar-refractivity contribution in [3.05, 3.63) is 58.9 Å². The van der Waals surface area contributed by atoms with Gasteiger partial charge < -0.3 is 4.90 Å². The lowest BCUT2D eigenvalue weighted by molar-refractivity contribution is 0.0591. The van der Waals surface area contributed by atoms with E-state index >= 15 is 0 Å². The van der Waals surface area contributed by atoms with Gasteiger partial charge in [-0.25, -0.2) is 8.42 Å². The quantitative estimate of drug-likeness (QED) is 0.768. The van der Waals surface area contributed by atoms with Crippen molar-refractivity contribution in [2.75, 3.05) is 19.6 Å². The molecule has 152 valence electrons. The highest BCUT2D eigenvalue weighted by atomic mass is 32.2. The number of sulfonamides is 1. The third-order valence-electron chi connectivity index (χ3n) is 5.21. The van der Waals surface area contributed by atoms with Gasteiger partial charge in [0.25, 0.3) is 5.91 Å². The number of hydrogen-bond acceptors (Lipinski definition) is 5. The number of piperazine rings is 1. The first kappa shape index (κ1) is 21.0. The fraction of sp³-hybridized carbons (Fsp3) is 0.381. The van der Waals surface area contributed by atoms with Crippen LogP contribution in [0.5, 0.6) is 0 Å². The molecule has 1 unspecified atom stereocenters.